The summed E-state index contributed by atoms with van der Waals surface area (Å²) in [5.74, 6) is 0.996. The van der Waals surface area contributed by atoms with Crippen molar-refractivity contribution in [1.82, 2.24) is 19.9 Å². The third-order valence-corrected chi connectivity index (χ3v) is 3.56. The minimum absolute atomic E-state index is 0.162. The first-order valence-electron chi connectivity index (χ1n) is 7.47. The summed E-state index contributed by atoms with van der Waals surface area (Å²) < 4.78 is 36.8. The Kier molecular flexibility index (Phi) is 4.37. The Labute approximate surface area is 136 Å². The molecular weight excluding hydrogens is 319 g/mol. The highest BCUT2D eigenvalue weighted by Gasteiger charge is 2.26. The number of benzene rings is 1. The Morgan fingerprint density at radius 1 is 1.17 bits per heavy atom. The van der Waals surface area contributed by atoms with Gasteiger partial charge in [0.15, 0.2) is 0 Å². The number of nitrogens with zero attached hydrogens (tertiary/aromatic N) is 3. The van der Waals surface area contributed by atoms with Crippen LogP contribution >= 0.6 is 0 Å². The summed E-state index contributed by atoms with van der Waals surface area (Å²) in [5.41, 5.74) is 3.26. The van der Waals surface area contributed by atoms with E-state index in [2.05, 4.69) is 25.3 Å². The predicted molar refractivity (Wildman–Crippen MR) is 84.6 cm³/mol. The van der Waals surface area contributed by atoms with Crippen LogP contribution in [0.25, 0.3) is 11.0 Å². The zero-order chi connectivity index (χ0) is 17.2. The normalized spacial score (nSPS) is 11.8. The molecule has 0 aliphatic carbocycles. The molecule has 0 unspecified atom stereocenters. The zero-order valence-corrected chi connectivity index (χ0v) is 13.0. The lowest BCUT2D eigenvalue weighted by molar-refractivity contribution is -0.134. The van der Waals surface area contributed by atoms with E-state index in [4.69, 9.17) is 0 Å². The van der Waals surface area contributed by atoms with Crippen LogP contribution in [0.1, 0.15) is 23.5 Å². The molecule has 24 heavy (non-hydrogen) atoms. The summed E-state index contributed by atoms with van der Waals surface area (Å²) >= 11 is 0. The fourth-order valence-corrected chi connectivity index (χ4v) is 2.36. The molecule has 3 rings (SSSR count). The smallest absolute Gasteiger partial charge is 0.347 e. The molecule has 8 heteroatoms. The Balaban J connectivity index is 1.66. The molecule has 0 saturated heterocycles. The lowest BCUT2D eigenvalue weighted by Crippen LogP contribution is -2.10. The summed E-state index contributed by atoms with van der Waals surface area (Å²) in [6.07, 6.45) is -3.80. The Morgan fingerprint density at radius 2 is 2.00 bits per heavy atom. The summed E-state index contributed by atoms with van der Waals surface area (Å²) in [6, 6.07) is 7.35. The van der Waals surface area contributed by atoms with Crippen molar-refractivity contribution in [2.24, 2.45) is 0 Å². The Morgan fingerprint density at radius 3 is 2.75 bits per heavy atom. The second-order valence-electron chi connectivity index (χ2n) is 5.49. The first-order valence-corrected chi connectivity index (χ1v) is 7.47. The van der Waals surface area contributed by atoms with Gasteiger partial charge < -0.3 is 10.3 Å². The molecule has 2 heterocycles. The van der Waals surface area contributed by atoms with E-state index in [0.29, 0.717) is 18.1 Å². The van der Waals surface area contributed by atoms with Gasteiger partial charge in [-0.25, -0.2) is 15.0 Å². The topological polar surface area (TPSA) is 66.5 Å². The number of imidazole rings is 1. The molecule has 1 aromatic carbocycles. The monoisotopic (exact) mass is 335 g/mol. The van der Waals surface area contributed by atoms with E-state index in [1.165, 1.54) is 12.3 Å². The number of fused-ring (bicyclic) bond motifs is 1. The zero-order valence-electron chi connectivity index (χ0n) is 13.0. The number of halogens is 3. The van der Waals surface area contributed by atoms with Crippen LogP contribution in [-0.4, -0.2) is 26.1 Å². The van der Waals surface area contributed by atoms with Crippen molar-refractivity contribution >= 4 is 17.0 Å². The number of nitrogens with one attached hydrogen (secondary N) is 2. The van der Waals surface area contributed by atoms with Crippen LogP contribution in [0.5, 0.6) is 0 Å². The molecule has 0 aliphatic heterocycles. The maximum Gasteiger partial charge on any atom is 0.389 e. The van der Waals surface area contributed by atoms with Crippen LogP contribution in [0.2, 0.25) is 0 Å². The van der Waals surface area contributed by atoms with Crippen LogP contribution in [0, 0.1) is 6.92 Å². The summed E-state index contributed by atoms with van der Waals surface area (Å²) in [7, 11) is 0. The van der Waals surface area contributed by atoms with Crippen molar-refractivity contribution in [2.75, 3.05) is 5.32 Å². The van der Waals surface area contributed by atoms with Gasteiger partial charge in [-0.1, -0.05) is 12.1 Å². The van der Waals surface area contributed by atoms with E-state index < -0.39 is 12.6 Å². The van der Waals surface area contributed by atoms with Crippen LogP contribution in [0.3, 0.4) is 0 Å². The molecule has 0 atom stereocenters. The van der Waals surface area contributed by atoms with Crippen molar-refractivity contribution in [1.29, 1.82) is 0 Å². The van der Waals surface area contributed by atoms with E-state index in [-0.39, 0.29) is 12.4 Å². The maximum atomic E-state index is 12.3. The highest BCUT2D eigenvalue weighted by molar-refractivity contribution is 5.78. The maximum absolute atomic E-state index is 12.3. The van der Waals surface area contributed by atoms with Crippen LogP contribution in [0.4, 0.5) is 19.1 Å². The molecule has 126 valence electrons. The first-order chi connectivity index (χ1) is 11.4. The lowest BCUT2D eigenvalue weighted by atomic mass is 10.2. The fraction of sp³-hybridized carbons (Fsp3) is 0.312. The molecule has 3 aromatic rings. The number of aromatic amines is 1. The van der Waals surface area contributed by atoms with E-state index in [1.807, 2.05) is 25.1 Å². The van der Waals surface area contributed by atoms with Crippen LogP contribution < -0.4 is 5.32 Å². The number of anilines is 1. The van der Waals surface area contributed by atoms with Gasteiger partial charge in [-0.3, -0.25) is 0 Å². The third kappa shape index (κ3) is 4.01. The number of aromatic nitrogens is 4. The van der Waals surface area contributed by atoms with E-state index in [1.54, 1.807) is 0 Å². The van der Waals surface area contributed by atoms with Gasteiger partial charge in [0.05, 0.1) is 17.6 Å². The number of aryl methyl sites for hydroxylation is 2. The van der Waals surface area contributed by atoms with Crippen LogP contribution in [0.15, 0.2) is 30.5 Å². The highest BCUT2D eigenvalue weighted by Crippen LogP contribution is 2.21. The van der Waals surface area contributed by atoms with Crippen molar-refractivity contribution in [3.63, 3.8) is 0 Å². The van der Waals surface area contributed by atoms with Gasteiger partial charge in [-0.2, -0.15) is 13.2 Å². The average molecular weight is 335 g/mol. The molecule has 2 aromatic heterocycles. The minimum Gasteiger partial charge on any atom is -0.347 e. The van der Waals surface area contributed by atoms with Crippen molar-refractivity contribution in [3.05, 3.63) is 47.5 Å². The number of rotatable bonds is 5. The second-order valence-corrected chi connectivity index (χ2v) is 5.49. The molecule has 0 radical (unpaired) electrons. The summed E-state index contributed by atoms with van der Waals surface area (Å²) in [6.45, 7) is 2.34. The number of hydrogen-bond donors (Lipinski definition) is 2. The molecule has 5 nitrogen and oxygen atoms in total. The Hall–Kier alpha value is -2.64. The van der Waals surface area contributed by atoms with Gasteiger partial charge in [-0.15, -0.1) is 0 Å². The van der Waals surface area contributed by atoms with Crippen molar-refractivity contribution in [2.45, 2.75) is 32.5 Å². The molecule has 0 saturated carbocycles. The van der Waals surface area contributed by atoms with Crippen LogP contribution in [-0.2, 0) is 13.0 Å². The number of alkyl halides is 3. The third-order valence-electron chi connectivity index (χ3n) is 3.56. The second kappa shape index (κ2) is 6.46. The largest absolute Gasteiger partial charge is 0.389 e. The minimum atomic E-state index is -4.19. The number of hydrogen-bond acceptors (Lipinski definition) is 4. The fourth-order valence-electron chi connectivity index (χ4n) is 2.36. The molecule has 0 aliphatic rings. The van der Waals surface area contributed by atoms with Gasteiger partial charge in [-0.05, 0) is 31.0 Å². The molecule has 2 N–H and O–H groups in total. The number of H-pyrrole nitrogens is 1. The van der Waals surface area contributed by atoms with E-state index in [0.717, 1.165) is 16.6 Å². The first kappa shape index (κ1) is 16.2. The van der Waals surface area contributed by atoms with Gasteiger partial charge in [0.2, 0.25) is 5.95 Å². The van der Waals surface area contributed by atoms with Crippen molar-refractivity contribution < 1.29 is 13.2 Å². The molecule has 0 spiro atoms. The van der Waals surface area contributed by atoms with Gasteiger partial charge in [0, 0.05) is 18.3 Å². The SMILES string of the molecule is Cc1cccc2[nH]c(CNc3nccc(CCC(F)(F)F)n3)nc12. The summed E-state index contributed by atoms with van der Waals surface area (Å²) in [5, 5.41) is 2.98. The molecule has 0 fully saturated rings. The Bertz CT molecular complexity index is 841. The summed E-state index contributed by atoms with van der Waals surface area (Å²) in [4.78, 5) is 15.8. The van der Waals surface area contributed by atoms with E-state index in [9.17, 15) is 13.2 Å². The molecular formula is C16H16F3N5. The highest BCUT2D eigenvalue weighted by atomic mass is 19.4. The molecule has 0 bridgehead atoms. The predicted octanol–water partition coefficient (Wildman–Crippen LogP) is 3.77. The lowest BCUT2D eigenvalue weighted by Gasteiger charge is -2.07. The average Bonchev–Trinajstić information content (AvgIpc) is 2.95. The standard InChI is InChI=1S/C16H16F3N5/c1-10-3-2-4-12-14(10)24-13(23-12)9-21-15-20-8-6-11(22-15)5-7-16(17,18)19/h2-4,6,8H,5,7,9H2,1H3,(H,23,24)(H,20,21,22). The van der Waals surface area contributed by atoms with Gasteiger partial charge >= 0.3 is 6.18 Å². The van der Waals surface area contributed by atoms with E-state index >= 15 is 0 Å². The molecule has 0 amide bonds. The number of para-hydroxylation sites is 1. The van der Waals surface area contributed by atoms with Crippen molar-refractivity contribution in [3.8, 4) is 0 Å². The van der Waals surface area contributed by atoms with Gasteiger partial charge in [0.1, 0.15) is 5.82 Å². The van der Waals surface area contributed by atoms with Gasteiger partial charge in [0.25, 0.3) is 0 Å². The quantitative estimate of drug-likeness (QED) is 0.745.